The van der Waals surface area contributed by atoms with Crippen molar-refractivity contribution >= 4 is 0 Å². The summed E-state index contributed by atoms with van der Waals surface area (Å²) in [6.07, 6.45) is 0. The van der Waals surface area contributed by atoms with E-state index < -0.39 is 0 Å². The Balaban J connectivity index is 4.10. The summed E-state index contributed by atoms with van der Waals surface area (Å²) in [6.45, 7) is 12.7. The van der Waals surface area contributed by atoms with Crippen LogP contribution in [-0.4, -0.2) is 13.6 Å². The van der Waals surface area contributed by atoms with Gasteiger partial charge in [-0.05, 0) is 30.8 Å². The molecule has 1 heteroatoms. The van der Waals surface area contributed by atoms with Crippen molar-refractivity contribution in [3.8, 4) is 0 Å². The van der Waals surface area contributed by atoms with Crippen LogP contribution in [0.4, 0.5) is 0 Å². The fourth-order valence-corrected chi connectivity index (χ4v) is 1.76. The molecule has 0 aromatic rings. The topological polar surface area (TPSA) is 12.0 Å². The summed E-state index contributed by atoms with van der Waals surface area (Å²) in [5.74, 6) is 1.54. The van der Waals surface area contributed by atoms with Gasteiger partial charge in [-0.15, -0.1) is 0 Å². The molecule has 0 saturated heterocycles. The number of nitrogens with one attached hydrogen (secondary N) is 1. The monoisotopic (exact) mass is 157 g/mol. The van der Waals surface area contributed by atoms with Crippen LogP contribution in [0.5, 0.6) is 0 Å². The number of hydrogen-bond acceptors (Lipinski definition) is 1. The molecule has 1 N–H and O–H groups in total. The van der Waals surface area contributed by atoms with Crippen LogP contribution in [0, 0.1) is 17.3 Å². The lowest BCUT2D eigenvalue weighted by Crippen LogP contribution is -2.33. The molecule has 0 heterocycles. The smallest absolute Gasteiger partial charge is 0.00161 e. The molecule has 0 saturated carbocycles. The standard InChI is InChI=1S/C10H23N/c1-8(2)9(7-11-6)10(3,4)5/h8-9,11H,7H2,1-6H3. The molecular weight excluding hydrogens is 134 g/mol. The lowest BCUT2D eigenvalue weighted by molar-refractivity contribution is 0.177. The highest BCUT2D eigenvalue weighted by Crippen LogP contribution is 2.31. The number of hydrogen-bond donors (Lipinski definition) is 1. The summed E-state index contributed by atoms with van der Waals surface area (Å²) in [6, 6.07) is 0. The second-order valence-electron chi connectivity index (χ2n) is 4.77. The first-order valence-electron chi connectivity index (χ1n) is 4.54. The Labute approximate surface area is 71.6 Å². The first-order chi connectivity index (χ1) is 4.89. The number of rotatable bonds is 3. The minimum absolute atomic E-state index is 0.428. The van der Waals surface area contributed by atoms with Crippen LogP contribution in [0.2, 0.25) is 0 Å². The van der Waals surface area contributed by atoms with E-state index in [4.69, 9.17) is 0 Å². The summed E-state index contributed by atoms with van der Waals surface area (Å²) in [7, 11) is 2.03. The lowest BCUT2D eigenvalue weighted by atomic mass is 9.74. The Morgan fingerprint density at radius 2 is 1.64 bits per heavy atom. The Kier molecular flexibility index (Phi) is 4.09. The fourth-order valence-electron chi connectivity index (χ4n) is 1.76. The van der Waals surface area contributed by atoms with Crippen molar-refractivity contribution < 1.29 is 0 Å². The van der Waals surface area contributed by atoms with Crippen LogP contribution in [0.25, 0.3) is 0 Å². The minimum atomic E-state index is 0.428. The van der Waals surface area contributed by atoms with Crippen LogP contribution in [0.15, 0.2) is 0 Å². The van der Waals surface area contributed by atoms with Crippen molar-refractivity contribution in [2.75, 3.05) is 13.6 Å². The first-order valence-corrected chi connectivity index (χ1v) is 4.54. The maximum Gasteiger partial charge on any atom is -0.00161 e. The van der Waals surface area contributed by atoms with Gasteiger partial charge in [-0.1, -0.05) is 34.6 Å². The van der Waals surface area contributed by atoms with E-state index >= 15 is 0 Å². The zero-order chi connectivity index (χ0) is 9.07. The molecule has 0 aromatic carbocycles. The van der Waals surface area contributed by atoms with Gasteiger partial charge in [0.05, 0.1) is 0 Å². The van der Waals surface area contributed by atoms with E-state index in [9.17, 15) is 0 Å². The summed E-state index contributed by atoms with van der Waals surface area (Å²) in [5.41, 5.74) is 0.428. The van der Waals surface area contributed by atoms with Gasteiger partial charge < -0.3 is 5.32 Å². The maximum atomic E-state index is 3.26. The van der Waals surface area contributed by atoms with Gasteiger partial charge in [-0.2, -0.15) is 0 Å². The molecular formula is C10H23N. The molecule has 0 fully saturated rings. The summed E-state index contributed by atoms with van der Waals surface area (Å²) >= 11 is 0. The molecule has 0 spiro atoms. The zero-order valence-corrected chi connectivity index (χ0v) is 8.86. The van der Waals surface area contributed by atoms with Crippen molar-refractivity contribution in [1.29, 1.82) is 0 Å². The normalized spacial score (nSPS) is 15.5. The van der Waals surface area contributed by atoms with Crippen LogP contribution in [0.1, 0.15) is 34.6 Å². The summed E-state index contributed by atoms with van der Waals surface area (Å²) in [5, 5.41) is 3.26. The summed E-state index contributed by atoms with van der Waals surface area (Å²) < 4.78 is 0. The van der Waals surface area contributed by atoms with Crippen molar-refractivity contribution in [2.45, 2.75) is 34.6 Å². The van der Waals surface area contributed by atoms with E-state index in [-0.39, 0.29) is 0 Å². The van der Waals surface area contributed by atoms with Crippen LogP contribution in [-0.2, 0) is 0 Å². The fraction of sp³-hybridized carbons (Fsp3) is 1.00. The Hall–Kier alpha value is -0.0400. The van der Waals surface area contributed by atoms with Crippen molar-refractivity contribution in [2.24, 2.45) is 17.3 Å². The second-order valence-corrected chi connectivity index (χ2v) is 4.77. The lowest BCUT2D eigenvalue weighted by Gasteiger charge is -2.33. The van der Waals surface area contributed by atoms with Crippen LogP contribution >= 0.6 is 0 Å². The Bertz CT molecular complexity index is 99.9. The quantitative estimate of drug-likeness (QED) is 0.664. The van der Waals surface area contributed by atoms with Gasteiger partial charge in [0.25, 0.3) is 0 Å². The predicted molar refractivity (Wildman–Crippen MR) is 51.7 cm³/mol. The predicted octanol–water partition coefficient (Wildman–Crippen LogP) is 2.52. The van der Waals surface area contributed by atoms with Gasteiger partial charge >= 0.3 is 0 Å². The SMILES string of the molecule is CNCC(C(C)C)C(C)(C)C. The van der Waals surface area contributed by atoms with Gasteiger partial charge in [0.2, 0.25) is 0 Å². The van der Waals surface area contributed by atoms with E-state index in [0.717, 1.165) is 18.4 Å². The van der Waals surface area contributed by atoms with E-state index in [0.29, 0.717) is 5.41 Å². The molecule has 68 valence electrons. The Morgan fingerprint density at radius 1 is 1.18 bits per heavy atom. The van der Waals surface area contributed by atoms with E-state index in [1.807, 2.05) is 7.05 Å². The van der Waals surface area contributed by atoms with Crippen molar-refractivity contribution in [3.63, 3.8) is 0 Å². The van der Waals surface area contributed by atoms with Gasteiger partial charge in [0.15, 0.2) is 0 Å². The Morgan fingerprint density at radius 3 is 1.73 bits per heavy atom. The largest absolute Gasteiger partial charge is 0.319 e. The van der Waals surface area contributed by atoms with E-state index in [1.54, 1.807) is 0 Å². The molecule has 0 radical (unpaired) electrons. The van der Waals surface area contributed by atoms with Gasteiger partial charge in [-0.3, -0.25) is 0 Å². The molecule has 0 aliphatic carbocycles. The van der Waals surface area contributed by atoms with Crippen molar-refractivity contribution in [1.82, 2.24) is 5.32 Å². The van der Waals surface area contributed by atoms with Crippen LogP contribution < -0.4 is 5.32 Å². The average Bonchev–Trinajstić information content (AvgIpc) is 1.79. The molecule has 0 aliphatic heterocycles. The zero-order valence-electron chi connectivity index (χ0n) is 8.86. The van der Waals surface area contributed by atoms with Gasteiger partial charge in [-0.25, -0.2) is 0 Å². The molecule has 11 heavy (non-hydrogen) atoms. The molecule has 0 amide bonds. The highest BCUT2D eigenvalue weighted by molar-refractivity contribution is 4.77. The molecule has 1 atom stereocenters. The maximum absolute atomic E-state index is 3.26. The van der Waals surface area contributed by atoms with Gasteiger partial charge in [0, 0.05) is 0 Å². The molecule has 1 unspecified atom stereocenters. The average molecular weight is 157 g/mol. The highest BCUT2D eigenvalue weighted by Gasteiger charge is 2.26. The van der Waals surface area contributed by atoms with Gasteiger partial charge in [0.1, 0.15) is 0 Å². The van der Waals surface area contributed by atoms with E-state index in [2.05, 4.69) is 39.9 Å². The molecule has 1 nitrogen and oxygen atoms in total. The molecule has 0 aromatic heterocycles. The third-order valence-corrected chi connectivity index (χ3v) is 2.34. The molecule has 0 bridgehead atoms. The van der Waals surface area contributed by atoms with Crippen LogP contribution in [0.3, 0.4) is 0 Å². The van der Waals surface area contributed by atoms with E-state index in [1.165, 1.54) is 0 Å². The minimum Gasteiger partial charge on any atom is -0.319 e. The molecule has 0 aliphatic rings. The third kappa shape index (κ3) is 3.76. The third-order valence-electron chi connectivity index (χ3n) is 2.34. The molecule has 0 rings (SSSR count). The highest BCUT2D eigenvalue weighted by atomic mass is 14.8. The summed E-state index contributed by atoms with van der Waals surface area (Å²) in [4.78, 5) is 0. The first kappa shape index (κ1) is 11.0. The second kappa shape index (κ2) is 4.10. The van der Waals surface area contributed by atoms with Crippen molar-refractivity contribution in [3.05, 3.63) is 0 Å².